The van der Waals surface area contributed by atoms with Crippen molar-refractivity contribution in [2.24, 2.45) is 0 Å². The fourth-order valence-electron chi connectivity index (χ4n) is 1.75. The Labute approximate surface area is 157 Å². The quantitative estimate of drug-likeness (QED) is 0.337. The van der Waals surface area contributed by atoms with Gasteiger partial charge < -0.3 is 31.1 Å². The zero-order chi connectivity index (χ0) is 21.4. The predicted molar refractivity (Wildman–Crippen MR) is 94.7 cm³/mol. The average molecular weight is 388 g/mol. The van der Waals surface area contributed by atoms with E-state index in [0.29, 0.717) is 0 Å². The number of carbonyl (C=O) groups is 5. The van der Waals surface area contributed by atoms with Gasteiger partial charge in [0.25, 0.3) is 0 Å². The maximum absolute atomic E-state index is 12.0. The SMILES string of the molecule is C[C@H](NC(=O)O)C(=O)N[C@H](C)C(=O)N[C@@H](C)C(=O)NCC(=O)OC(C)(C)C. The van der Waals surface area contributed by atoms with E-state index >= 15 is 0 Å². The molecule has 27 heavy (non-hydrogen) atoms. The van der Waals surface area contributed by atoms with E-state index < -0.39 is 53.5 Å². The molecule has 0 spiro atoms. The number of esters is 1. The lowest BCUT2D eigenvalue weighted by molar-refractivity contribution is -0.154. The third-order valence-corrected chi connectivity index (χ3v) is 3.06. The Morgan fingerprint density at radius 1 is 0.815 bits per heavy atom. The van der Waals surface area contributed by atoms with Gasteiger partial charge in [-0.15, -0.1) is 0 Å². The molecule has 0 aliphatic heterocycles. The largest absolute Gasteiger partial charge is 0.465 e. The van der Waals surface area contributed by atoms with Crippen LogP contribution in [-0.2, 0) is 23.9 Å². The standard InChI is InChI=1S/C16H28N4O7/c1-8(12(22)17-7-11(21)27-16(4,5)6)18-13(23)9(2)19-14(24)10(3)20-15(25)26/h8-10,20H,7H2,1-6H3,(H,17,22)(H,18,23)(H,19,24)(H,25,26)/t8-,9+,10-/m0/s1. The molecule has 0 bridgehead atoms. The first kappa shape index (κ1) is 24.1. The van der Waals surface area contributed by atoms with Crippen molar-refractivity contribution >= 4 is 29.8 Å². The van der Waals surface area contributed by atoms with Gasteiger partial charge in [0.2, 0.25) is 17.7 Å². The van der Waals surface area contributed by atoms with Crippen LogP contribution in [0.15, 0.2) is 0 Å². The van der Waals surface area contributed by atoms with Crippen LogP contribution in [0.1, 0.15) is 41.5 Å². The molecule has 0 aromatic heterocycles. The monoisotopic (exact) mass is 388 g/mol. The molecule has 0 radical (unpaired) electrons. The molecule has 11 nitrogen and oxygen atoms in total. The highest BCUT2D eigenvalue weighted by Crippen LogP contribution is 2.06. The summed E-state index contributed by atoms with van der Waals surface area (Å²) in [6.45, 7) is 8.84. The predicted octanol–water partition coefficient (Wildman–Crippen LogP) is -0.890. The van der Waals surface area contributed by atoms with E-state index in [1.807, 2.05) is 5.32 Å². The fourth-order valence-corrected chi connectivity index (χ4v) is 1.75. The molecule has 0 rings (SSSR count). The van der Waals surface area contributed by atoms with Crippen LogP contribution in [0.2, 0.25) is 0 Å². The van der Waals surface area contributed by atoms with Crippen LogP contribution in [0, 0.1) is 0 Å². The lowest BCUT2D eigenvalue weighted by atomic mass is 10.2. The Hall–Kier alpha value is -2.85. The summed E-state index contributed by atoms with van der Waals surface area (Å²) in [5.74, 6) is -2.56. The van der Waals surface area contributed by atoms with Crippen molar-refractivity contribution in [3.63, 3.8) is 0 Å². The van der Waals surface area contributed by atoms with Gasteiger partial charge in [-0.25, -0.2) is 4.79 Å². The van der Waals surface area contributed by atoms with E-state index in [2.05, 4.69) is 16.0 Å². The molecule has 5 N–H and O–H groups in total. The molecule has 0 aromatic carbocycles. The average Bonchev–Trinajstić information content (AvgIpc) is 2.49. The summed E-state index contributed by atoms with van der Waals surface area (Å²) >= 11 is 0. The van der Waals surface area contributed by atoms with Gasteiger partial charge in [-0.3, -0.25) is 19.2 Å². The molecule has 11 heteroatoms. The highest BCUT2D eigenvalue weighted by Gasteiger charge is 2.24. The first-order valence-corrected chi connectivity index (χ1v) is 8.32. The minimum Gasteiger partial charge on any atom is -0.465 e. The number of nitrogens with one attached hydrogen (secondary N) is 4. The Morgan fingerprint density at radius 2 is 1.22 bits per heavy atom. The van der Waals surface area contributed by atoms with Crippen LogP contribution >= 0.6 is 0 Å². The number of carbonyl (C=O) groups excluding carboxylic acids is 4. The lowest BCUT2D eigenvalue weighted by Crippen LogP contribution is -2.54. The van der Waals surface area contributed by atoms with Crippen molar-refractivity contribution in [2.75, 3.05) is 6.54 Å². The molecule has 0 fully saturated rings. The number of hydrogen-bond acceptors (Lipinski definition) is 6. The molecule has 0 aliphatic rings. The van der Waals surface area contributed by atoms with Gasteiger partial charge in [-0.2, -0.15) is 0 Å². The van der Waals surface area contributed by atoms with E-state index in [4.69, 9.17) is 9.84 Å². The van der Waals surface area contributed by atoms with E-state index in [0.717, 1.165) is 0 Å². The molecule has 4 amide bonds. The van der Waals surface area contributed by atoms with E-state index in [1.54, 1.807) is 20.8 Å². The van der Waals surface area contributed by atoms with E-state index in [9.17, 15) is 24.0 Å². The summed E-state index contributed by atoms with van der Waals surface area (Å²) in [4.78, 5) is 57.8. The van der Waals surface area contributed by atoms with Crippen LogP contribution in [0.5, 0.6) is 0 Å². The smallest absolute Gasteiger partial charge is 0.405 e. The second kappa shape index (κ2) is 10.3. The maximum Gasteiger partial charge on any atom is 0.405 e. The first-order chi connectivity index (χ1) is 12.2. The van der Waals surface area contributed by atoms with Crippen molar-refractivity contribution in [1.29, 1.82) is 0 Å². The lowest BCUT2D eigenvalue weighted by Gasteiger charge is -2.21. The summed E-state index contributed by atoms with van der Waals surface area (Å²) in [7, 11) is 0. The Balaban J connectivity index is 4.42. The van der Waals surface area contributed by atoms with Gasteiger partial charge in [-0.05, 0) is 41.5 Å². The summed E-state index contributed by atoms with van der Waals surface area (Å²) in [5, 5.41) is 17.6. The molecule has 0 aromatic rings. The highest BCUT2D eigenvalue weighted by atomic mass is 16.6. The summed E-state index contributed by atoms with van der Waals surface area (Å²) in [5.41, 5.74) is -0.679. The number of amides is 4. The molecular weight excluding hydrogens is 360 g/mol. The van der Waals surface area contributed by atoms with Crippen molar-refractivity contribution in [1.82, 2.24) is 21.3 Å². The summed E-state index contributed by atoms with van der Waals surface area (Å²) in [6, 6.07) is -3.02. The second-order valence-corrected chi connectivity index (χ2v) is 6.94. The number of hydrogen-bond donors (Lipinski definition) is 5. The fraction of sp³-hybridized carbons (Fsp3) is 0.688. The van der Waals surface area contributed by atoms with Crippen LogP contribution in [0.25, 0.3) is 0 Å². The molecule has 3 atom stereocenters. The minimum absolute atomic E-state index is 0.346. The molecule has 0 aliphatic carbocycles. The molecular formula is C16H28N4O7. The Kier molecular flexibility index (Phi) is 9.24. The molecule has 154 valence electrons. The maximum atomic E-state index is 12.0. The van der Waals surface area contributed by atoms with Crippen LogP contribution in [0.4, 0.5) is 4.79 Å². The summed E-state index contributed by atoms with van der Waals surface area (Å²) < 4.78 is 5.04. The van der Waals surface area contributed by atoms with Gasteiger partial charge in [-0.1, -0.05) is 0 Å². The molecule has 0 saturated heterocycles. The van der Waals surface area contributed by atoms with Crippen molar-refractivity contribution in [3.8, 4) is 0 Å². The van der Waals surface area contributed by atoms with Gasteiger partial charge in [0.1, 0.15) is 30.3 Å². The minimum atomic E-state index is -1.37. The van der Waals surface area contributed by atoms with Gasteiger partial charge >= 0.3 is 12.1 Å². The Morgan fingerprint density at radius 3 is 1.63 bits per heavy atom. The van der Waals surface area contributed by atoms with E-state index in [-0.39, 0.29) is 6.54 Å². The third-order valence-electron chi connectivity index (χ3n) is 3.06. The van der Waals surface area contributed by atoms with Gasteiger partial charge in [0, 0.05) is 0 Å². The molecule has 0 unspecified atom stereocenters. The van der Waals surface area contributed by atoms with Crippen LogP contribution in [0.3, 0.4) is 0 Å². The zero-order valence-electron chi connectivity index (χ0n) is 16.3. The Bertz CT molecular complexity index is 586. The first-order valence-electron chi connectivity index (χ1n) is 8.32. The van der Waals surface area contributed by atoms with Crippen LogP contribution in [-0.4, -0.2) is 65.2 Å². The van der Waals surface area contributed by atoms with Crippen LogP contribution < -0.4 is 21.3 Å². The summed E-state index contributed by atoms with van der Waals surface area (Å²) in [6.07, 6.45) is -1.37. The van der Waals surface area contributed by atoms with Gasteiger partial charge in [0.05, 0.1) is 0 Å². The highest BCUT2D eigenvalue weighted by molar-refractivity contribution is 5.93. The normalized spacial score (nSPS) is 14.1. The number of ether oxygens (including phenoxy) is 1. The van der Waals surface area contributed by atoms with Gasteiger partial charge in [0.15, 0.2) is 0 Å². The van der Waals surface area contributed by atoms with Crippen molar-refractivity contribution < 1.29 is 33.8 Å². The molecule has 0 saturated carbocycles. The number of carboxylic acid groups (broad SMARTS) is 1. The number of rotatable bonds is 8. The topological polar surface area (TPSA) is 163 Å². The zero-order valence-corrected chi connectivity index (χ0v) is 16.3. The third kappa shape index (κ3) is 10.7. The van der Waals surface area contributed by atoms with Crippen molar-refractivity contribution in [3.05, 3.63) is 0 Å². The van der Waals surface area contributed by atoms with E-state index in [1.165, 1.54) is 20.8 Å². The van der Waals surface area contributed by atoms with Crippen molar-refractivity contribution in [2.45, 2.75) is 65.3 Å². The molecule has 0 heterocycles. The second-order valence-electron chi connectivity index (χ2n) is 6.94.